The molecule has 6 rings (SSSR count). The SMILES string of the molecule is NC(=O)c1c(-c2c(Cl)cccc2Cl)nc2c3cc(-c4cnn(Cc5ccncn5)c4)cnc3ccn12. The van der Waals surface area contributed by atoms with E-state index in [0.29, 0.717) is 39.0 Å². The fourth-order valence-electron chi connectivity index (χ4n) is 4.17. The smallest absolute Gasteiger partial charge is 0.268 e. The van der Waals surface area contributed by atoms with Crippen molar-refractivity contribution in [3.05, 3.63) is 95.1 Å². The van der Waals surface area contributed by atoms with Crippen LogP contribution in [-0.2, 0) is 6.54 Å². The van der Waals surface area contributed by atoms with Crippen LogP contribution in [-0.4, -0.2) is 40.0 Å². The lowest BCUT2D eigenvalue weighted by Crippen LogP contribution is -2.15. The second kappa shape index (κ2) is 8.71. The molecule has 0 bridgehead atoms. The molecule has 6 aromatic rings. The molecule has 0 unspecified atom stereocenters. The summed E-state index contributed by atoms with van der Waals surface area (Å²) in [6.07, 6.45) is 10.4. The van der Waals surface area contributed by atoms with Crippen molar-refractivity contribution in [3.63, 3.8) is 0 Å². The molecule has 0 radical (unpaired) electrons. The number of primary amides is 1. The predicted octanol–water partition coefficient (Wildman–Crippen LogP) is 4.66. The molecule has 0 spiro atoms. The van der Waals surface area contributed by atoms with Crippen LogP contribution in [0.1, 0.15) is 16.2 Å². The lowest BCUT2D eigenvalue weighted by atomic mass is 10.1. The molecule has 1 aromatic carbocycles. The van der Waals surface area contributed by atoms with Gasteiger partial charge >= 0.3 is 0 Å². The van der Waals surface area contributed by atoms with E-state index >= 15 is 0 Å². The summed E-state index contributed by atoms with van der Waals surface area (Å²) in [5.74, 6) is -0.650. The molecule has 2 N–H and O–H groups in total. The standard InChI is InChI=1S/C25H16Cl2N8O/c26-18-2-1-3-19(27)21(18)22-23(24(28)36)35-7-5-20-17(25(35)33-22)8-14(9-30-20)15-10-32-34(11-15)12-16-4-6-29-13-31-16/h1-11,13H,12H2,(H2,28,36). The van der Waals surface area contributed by atoms with Crippen LogP contribution in [0.25, 0.3) is 38.9 Å². The molecule has 176 valence electrons. The van der Waals surface area contributed by atoms with Crippen LogP contribution in [0.3, 0.4) is 0 Å². The van der Waals surface area contributed by atoms with Crippen LogP contribution in [0.2, 0.25) is 10.0 Å². The molecule has 0 aliphatic carbocycles. The Labute approximate surface area is 214 Å². The number of carbonyl (C=O) groups excluding carboxylic acids is 1. The zero-order valence-electron chi connectivity index (χ0n) is 18.5. The monoisotopic (exact) mass is 514 g/mol. The van der Waals surface area contributed by atoms with E-state index in [-0.39, 0.29) is 5.69 Å². The number of halogens is 2. The zero-order chi connectivity index (χ0) is 24.8. The topological polar surface area (TPSA) is 117 Å². The minimum absolute atomic E-state index is 0.185. The highest BCUT2D eigenvalue weighted by molar-refractivity contribution is 6.39. The molecule has 0 aliphatic heterocycles. The Bertz CT molecular complexity index is 1760. The minimum Gasteiger partial charge on any atom is -0.364 e. The van der Waals surface area contributed by atoms with E-state index in [1.165, 1.54) is 6.33 Å². The van der Waals surface area contributed by atoms with Crippen LogP contribution in [0, 0.1) is 0 Å². The Kier molecular flexibility index (Phi) is 5.36. The van der Waals surface area contributed by atoms with Crippen LogP contribution in [0.5, 0.6) is 0 Å². The van der Waals surface area contributed by atoms with Crippen molar-refractivity contribution < 1.29 is 4.79 Å². The Hall–Kier alpha value is -4.34. The maximum absolute atomic E-state index is 12.5. The highest BCUT2D eigenvalue weighted by Crippen LogP contribution is 2.37. The van der Waals surface area contributed by atoms with Gasteiger partial charge in [0, 0.05) is 46.9 Å². The Morgan fingerprint density at radius 2 is 1.86 bits per heavy atom. The molecule has 11 heteroatoms. The summed E-state index contributed by atoms with van der Waals surface area (Å²) in [6, 6.07) is 10.7. The van der Waals surface area contributed by atoms with E-state index in [4.69, 9.17) is 33.9 Å². The summed E-state index contributed by atoms with van der Waals surface area (Å²) in [4.78, 5) is 30.1. The molecular formula is C25H16Cl2N8O. The van der Waals surface area contributed by atoms with E-state index < -0.39 is 5.91 Å². The molecular weight excluding hydrogens is 499 g/mol. The number of rotatable bonds is 5. The number of hydrogen-bond donors (Lipinski definition) is 1. The van der Waals surface area contributed by atoms with Crippen molar-refractivity contribution in [1.82, 2.24) is 34.1 Å². The first-order chi connectivity index (χ1) is 17.5. The van der Waals surface area contributed by atoms with Gasteiger partial charge < -0.3 is 5.73 Å². The van der Waals surface area contributed by atoms with E-state index in [1.807, 2.05) is 18.3 Å². The summed E-state index contributed by atoms with van der Waals surface area (Å²) < 4.78 is 3.43. The number of fused-ring (bicyclic) bond motifs is 3. The number of nitrogens with two attached hydrogens (primary N) is 1. The first-order valence-corrected chi connectivity index (χ1v) is 11.6. The van der Waals surface area contributed by atoms with Gasteiger partial charge in [0.2, 0.25) is 0 Å². The van der Waals surface area contributed by atoms with Gasteiger partial charge in [0.05, 0.1) is 34.0 Å². The van der Waals surface area contributed by atoms with E-state index in [1.54, 1.807) is 58.1 Å². The Morgan fingerprint density at radius 1 is 1.03 bits per heavy atom. The molecule has 5 aromatic heterocycles. The second-order valence-corrected chi connectivity index (χ2v) is 8.88. The lowest BCUT2D eigenvalue weighted by Gasteiger charge is -2.06. The normalized spacial score (nSPS) is 11.4. The van der Waals surface area contributed by atoms with Gasteiger partial charge in [-0.2, -0.15) is 5.10 Å². The maximum Gasteiger partial charge on any atom is 0.268 e. The van der Waals surface area contributed by atoms with Crippen molar-refractivity contribution in [3.8, 4) is 22.4 Å². The molecule has 0 aliphatic rings. The Balaban J connectivity index is 1.50. The molecule has 5 heterocycles. The highest BCUT2D eigenvalue weighted by Gasteiger charge is 2.23. The van der Waals surface area contributed by atoms with Crippen LogP contribution in [0.4, 0.5) is 0 Å². The highest BCUT2D eigenvalue weighted by atomic mass is 35.5. The summed E-state index contributed by atoms with van der Waals surface area (Å²) in [5.41, 5.74) is 10.5. The molecule has 0 fully saturated rings. The number of carbonyl (C=O) groups is 1. The molecule has 0 atom stereocenters. The summed E-state index contributed by atoms with van der Waals surface area (Å²) in [5, 5.41) is 5.92. The van der Waals surface area contributed by atoms with E-state index in [9.17, 15) is 4.79 Å². The molecule has 36 heavy (non-hydrogen) atoms. The first-order valence-electron chi connectivity index (χ1n) is 10.8. The fourth-order valence-corrected chi connectivity index (χ4v) is 4.75. The zero-order valence-corrected chi connectivity index (χ0v) is 20.0. The van der Waals surface area contributed by atoms with Gasteiger partial charge in [-0.1, -0.05) is 29.3 Å². The van der Waals surface area contributed by atoms with Crippen molar-refractivity contribution in [2.45, 2.75) is 6.54 Å². The minimum atomic E-state index is -0.650. The third-order valence-electron chi connectivity index (χ3n) is 5.82. The van der Waals surface area contributed by atoms with E-state index in [2.05, 4.69) is 20.1 Å². The molecule has 1 amide bonds. The predicted molar refractivity (Wildman–Crippen MR) is 137 cm³/mol. The number of amides is 1. The number of hydrogen-bond acceptors (Lipinski definition) is 6. The third-order valence-corrected chi connectivity index (χ3v) is 6.45. The van der Waals surface area contributed by atoms with Crippen molar-refractivity contribution in [1.29, 1.82) is 0 Å². The van der Waals surface area contributed by atoms with E-state index in [0.717, 1.165) is 22.2 Å². The average molecular weight is 515 g/mol. The summed E-state index contributed by atoms with van der Waals surface area (Å²) in [6.45, 7) is 0.512. The molecule has 0 saturated carbocycles. The van der Waals surface area contributed by atoms with Gasteiger partial charge in [0.25, 0.3) is 5.91 Å². The Morgan fingerprint density at radius 3 is 2.61 bits per heavy atom. The molecule has 0 saturated heterocycles. The number of imidazole rings is 1. The van der Waals surface area contributed by atoms with Gasteiger partial charge in [0.1, 0.15) is 23.4 Å². The first kappa shape index (κ1) is 22.1. The van der Waals surface area contributed by atoms with Crippen LogP contribution < -0.4 is 5.73 Å². The number of benzene rings is 1. The van der Waals surface area contributed by atoms with Gasteiger partial charge in [-0.25, -0.2) is 15.0 Å². The van der Waals surface area contributed by atoms with Crippen LogP contribution >= 0.6 is 23.2 Å². The fraction of sp³-hybridized carbons (Fsp3) is 0.0400. The second-order valence-electron chi connectivity index (χ2n) is 8.06. The summed E-state index contributed by atoms with van der Waals surface area (Å²) >= 11 is 12.9. The lowest BCUT2D eigenvalue weighted by molar-refractivity contribution is 0.0995. The average Bonchev–Trinajstić information content (AvgIpc) is 3.49. The third kappa shape index (κ3) is 3.74. The molecule has 9 nitrogen and oxygen atoms in total. The number of nitrogens with zero attached hydrogens (tertiary/aromatic N) is 7. The summed E-state index contributed by atoms with van der Waals surface area (Å²) in [7, 11) is 0. The maximum atomic E-state index is 12.5. The number of pyridine rings is 2. The van der Waals surface area contributed by atoms with Gasteiger partial charge in [-0.15, -0.1) is 0 Å². The largest absolute Gasteiger partial charge is 0.364 e. The van der Waals surface area contributed by atoms with Crippen molar-refractivity contribution in [2.75, 3.05) is 0 Å². The van der Waals surface area contributed by atoms with Gasteiger partial charge in [-0.05, 0) is 30.3 Å². The van der Waals surface area contributed by atoms with Crippen molar-refractivity contribution in [2.24, 2.45) is 5.73 Å². The quantitative estimate of drug-likeness (QED) is 0.357. The van der Waals surface area contributed by atoms with Gasteiger partial charge in [-0.3, -0.25) is 18.9 Å². The van der Waals surface area contributed by atoms with Crippen LogP contribution in [0.15, 0.2) is 73.7 Å². The van der Waals surface area contributed by atoms with Crippen molar-refractivity contribution >= 4 is 45.7 Å². The van der Waals surface area contributed by atoms with Gasteiger partial charge in [0.15, 0.2) is 0 Å². The number of aromatic nitrogens is 7.